The fraction of sp³-hybridized carbons (Fsp3) is 0.222. The molecule has 0 aliphatic carbocycles. The van der Waals surface area contributed by atoms with E-state index in [0.717, 1.165) is 41.2 Å². The lowest BCUT2D eigenvalue weighted by atomic mass is 10.0. The van der Waals surface area contributed by atoms with Crippen molar-refractivity contribution < 1.29 is 36.4 Å². The zero-order valence-electron chi connectivity index (χ0n) is 21.0. The molecule has 3 N–H and O–H groups in total. The Morgan fingerprint density at radius 3 is 2.28 bits per heavy atom. The number of benzene rings is 3. The maximum atomic E-state index is 14.0. The Bertz CT molecular complexity index is 1460. The number of phosphoric ester groups is 1. The summed E-state index contributed by atoms with van der Waals surface area (Å²) in [7, 11) is -3.24. The van der Waals surface area contributed by atoms with Gasteiger partial charge in [-0.15, -0.1) is 11.3 Å². The topological polar surface area (TPSA) is 104 Å². The van der Waals surface area contributed by atoms with Crippen LogP contribution in [0, 0.1) is 0 Å². The van der Waals surface area contributed by atoms with Gasteiger partial charge in [0.25, 0.3) is 0 Å². The number of ether oxygens (including phenoxy) is 1. The second-order valence-electron chi connectivity index (χ2n) is 8.94. The van der Waals surface area contributed by atoms with Gasteiger partial charge >= 0.3 is 14.0 Å². The fourth-order valence-corrected chi connectivity index (χ4v) is 5.05. The van der Waals surface area contributed by atoms with E-state index in [2.05, 4.69) is 9.51 Å². The van der Waals surface area contributed by atoms with E-state index >= 15 is 0 Å². The largest absolute Gasteiger partial charge is 0.488 e. The third-order valence-electron chi connectivity index (χ3n) is 5.79. The lowest BCUT2D eigenvalue weighted by molar-refractivity contribution is -0.139. The summed E-state index contributed by atoms with van der Waals surface area (Å²) < 4.78 is 68.3. The first kappa shape index (κ1) is 28.9. The van der Waals surface area contributed by atoms with Crippen molar-refractivity contribution in [2.45, 2.75) is 25.2 Å². The molecule has 7 nitrogen and oxygen atoms in total. The second kappa shape index (κ2) is 11.6. The van der Waals surface area contributed by atoms with E-state index in [-0.39, 0.29) is 23.6 Å². The van der Waals surface area contributed by atoms with Crippen LogP contribution < -0.4 is 10.5 Å². The summed E-state index contributed by atoms with van der Waals surface area (Å²) in [5.41, 5.74) is 7.20. The van der Waals surface area contributed by atoms with Gasteiger partial charge in [0.05, 0.1) is 23.4 Å². The molecule has 0 fully saturated rings. The number of thiazole rings is 1. The number of alkyl halides is 3. The van der Waals surface area contributed by atoms with Crippen LogP contribution in [0.5, 0.6) is 5.75 Å². The standard InChI is InChI=1S/C27H26F3N2O5PS/c1-26(31,17-37-38(33,34)35-2)25-32-23(16-39-25)21-12-13-24(22(14-21)27(28,29)30)36-15-18-8-10-20(11-9-18)19-6-4-3-5-7-19/h3-14,16H,15,17,31H2,1-2H3,(H,33,34). The Kier molecular flexibility index (Phi) is 8.60. The van der Waals surface area contributed by atoms with Crippen LogP contribution in [0.25, 0.3) is 22.4 Å². The van der Waals surface area contributed by atoms with Crippen LogP contribution in [0.3, 0.4) is 0 Å². The molecule has 0 bridgehead atoms. The predicted octanol–water partition coefficient (Wildman–Crippen LogP) is 7.01. The van der Waals surface area contributed by atoms with E-state index in [0.29, 0.717) is 5.01 Å². The molecule has 0 saturated heterocycles. The normalized spacial score (nSPS) is 14.9. The number of rotatable bonds is 10. The van der Waals surface area contributed by atoms with Crippen molar-refractivity contribution in [3.05, 3.63) is 94.3 Å². The van der Waals surface area contributed by atoms with Crippen molar-refractivity contribution in [3.63, 3.8) is 0 Å². The van der Waals surface area contributed by atoms with Gasteiger partial charge in [0.1, 0.15) is 17.4 Å². The Morgan fingerprint density at radius 1 is 1.00 bits per heavy atom. The van der Waals surface area contributed by atoms with E-state index < -0.39 is 31.7 Å². The lowest BCUT2D eigenvalue weighted by Crippen LogP contribution is -2.37. The average molecular weight is 579 g/mol. The summed E-state index contributed by atoms with van der Waals surface area (Å²) in [6, 6.07) is 20.9. The van der Waals surface area contributed by atoms with Gasteiger partial charge < -0.3 is 15.4 Å². The quantitative estimate of drug-likeness (QED) is 0.195. The highest BCUT2D eigenvalue weighted by Gasteiger charge is 2.35. The minimum atomic E-state index is -4.67. The van der Waals surface area contributed by atoms with Crippen LogP contribution in [-0.4, -0.2) is 23.6 Å². The lowest BCUT2D eigenvalue weighted by Gasteiger charge is -2.22. The number of hydrogen-bond donors (Lipinski definition) is 2. The van der Waals surface area contributed by atoms with Crippen LogP contribution in [-0.2, 0) is 31.9 Å². The maximum Gasteiger partial charge on any atom is 0.471 e. The first-order valence-electron chi connectivity index (χ1n) is 11.6. The van der Waals surface area contributed by atoms with E-state index in [9.17, 15) is 22.6 Å². The summed E-state index contributed by atoms with van der Waals surface area (Å²) >= 11 is 1.09. The highest BCUT2D eigenvalue weighted by atomic mass is 32.1. The first-order chi connectivity index (χ1) is 18.4. The van der Waals surface area contributed by atoms with Gasteiger partial charge in [-0.2, -0.15) is 13.2 Å². The van der Waals surface area contributed by atoms with E-state index in [4.69, 9.17) is 15.0 Å². The fourth-order valence-electron chi connectivity index (χ4n) is 3.62. The van der Waals surface area contributed by atoms with Crippen molar-refractivity contribution in [1.29, 1.82) is 0 Å². The van der Waals surface area contributed by atoms with Gasteiger partial charge in [-0.3, -0.25) is 9.05 Å². The summed E-state index contributed by atoms with van der Waals surface area (Å²) in [6.07, 6.45) is -4.67. The molecule has 4 rings (SSSR count). The molecule has 12 heteroatoms. The molecule has 0 aliphatic heterocycles. The van der Waals surface area contributed by atoms with E-state index in [1.807, 2.05) is 54.6 Å². The first-order valence-corrected chi connectivity index (χ1v) is 14.0. The number of halogens is 3. The number of nitrogens with zero attached hydrogens (tertiary/aromatic N) is 1. The van der Waals surface area contributed by atoms with Gasteiger partial charge in [-0.1, -0.05) is 54.6 Å². The summed E-state index contributed by atoms with van der Waals surface area (Å²) in [4.78, 5) is 13.8. The molecule has 2 atom stereocenters. The Morgan fingerprint density at radius 2 is 1.64 bits per heavy atom. The zero-order chi connectivity index (χ0) is 28.3. The van der Waals surface area contributed by atoms with Gasteiger partial charge in [0, 0.05) is 18.1 Å². The molecule has 0 aliphatic rings. The summed E-state index contributed by atoms with van der Waals surface area (Å²) in [5, 5.41) is 1.86. The van der Waals surface area contributed by atoms with Gasteiger partial charge in [-0.25, -0.2) is 9.55 Å². The zero-order valence-corrected chi connectivity index (χ0v) is 22.7. The van der Waals surface area contributed by atoms with Crippen molar-refractivity contribution in [2.75, 3.05) is 13.7 Å². The van der Waals surface area contributed by atoms with Crippen molar-refractivity contribution in [1.82, 2.24) is 4.98 Å². The molecule has 39 heavy (non-hydrogen) atoms. The molecular formula is C27H26F3N2O5PS. The van der Waals surface area contributed by atoms with Gasteiger partial charge in [0.2, 0.25) is 0 Å². The minimum absolute atomic E-state index is 0.0416. The molecule has 0 radical (unpaired) electrons. The van der Waals surface area contributed by atoms with Crippen molar-refractivity contribution >= 4 is 19.2 Å². The number of aromatic nitrogens is 1. The van der Waals surface area contributed by atoms with E-state index in [1.54, 1.807) is 5.38 Å². The average Bonchev–Trinajstić information content (AvgIpc) is 3.43. The maximum absolute atomic E-state index is 14.0. The molecular weight excluding hydrogens is 552 g/mol. The smallest absolute Gasteiger partial charge is 0.471 e. The SMILES string of the molecule is COP(=O)(O)OCC(C)(N)c1nc(-c2ccc(OCc3ccc(-c4ccccc4)cc3)c(C(F)(F)F)c2)cs1. The molecule has 2 unspecified atom stereocenters. The highest BCUT2D eigenvalue weighted by molar-refractivity contribution is 7.47. The number of hydrogen-bond acceptors (Lipinski definition) is 7. The minimum Gasteiger partial charge on any atom is -0.488 e. The summed E-state index contributed by atoms with van der Waals surface area (Å²) in [5.74, 6) is -0.302. The molecule has 206 valence electrons. The van der Waals surface area contributed by atoms with Gasteiger partial charge in [0.15, 0.2) is 0 Å². The Balaban J connectivity index is 1.51. The highest BCUT2D eigenvalue weighted by Crippen LogP contribution is 2.44. The summed E-state index contributed by atoms with van der Waals surface area (Å²) in [6.45, 7) is 1.09. The van der Waals surface area contributed by atoms with Gasteiger partial charge in [-0.05, 0) is 41.8 Å². The van der Waals surface area contributed by atoms with Crippen LogP contribution in [0.1, 0.15) is 23.1 Å². The predicted molar refractivity (Wildman–Crippen MR) is 143 cm³/mol. The molecule has 1 heterocycles. The molecule has 0 spiro atoms. The second-order valence-corrected chi connectivity index (χ2v) is 11.4. The van der Waals surface area contributed by atoms with Crippen LogP contribution in [0.2, 0.25) is 0 Å². The van der Waals surface area contributed by atoms with Crippen LogP contribution in [0.15, 0.2) is 78.2 Å². The molecule has 0 saturated carbocycles. The molecule has 3 aromatic carbocycles. The Labute approximate surface area is 227 Å². The molecule has 4 aromatic rings. The Hall–Kier alpha value is -3.05. The van der Waals surface area contributed by atoms with Crippen LogP contribution in [0.4, 0.5) is 13.2 Å². The third kappa shape index (κ3) is 7.33. The number of phosphoric acid groups is 1. The van der Waals surface area contributed by atoms with Crippen molar-refractivity contribution in [2.24, 2.45) is 5.73 Å². The third-order valence-corrected chi connectivity index (χ3v) is 7.83. The van der Waals surface area contributed by atoms with E-state index in [1.165, 1.54) is 19.1 Å². The monoisotopic (exact) mass is 578 g/mol. The number of nitrogens with two attached hydrogens (primary N) is 1. The molecule has 0 amide bonds. The van der Waals surface area contributed by atoms with Crippen LogP contribution >= 0.6 is 19.2 Å². The molecule has 1 aromatic heterocycles. The van der Waals surface area contributed by atoms with Crippen molar-refractivity contribution in [3.8, 4) is 28.1 Å².